The van der Waals surface area contributed by atoms with Crippen LogP contribution >= 0.6 is 35.2 Å². The summed E-state index contributed by atoms with van der Waals surface area (Å²) < 4.78 is 62.2. The molecular formula is C31H51N7O19P3S-. The number of nitrogens with one attached hydrogen (secondary N) is 2. The van der Waals surface area contributed by atoms with Gasteiger partial charge in [-0.15, -0.1) is 0 Å². The molecule has 0 bridgehead atoms. The number of nitrogens with two attached hydrogens (primary N) is 1. The summed E-state index contributed by atoms with van der Waals surface area (Å²) in [5.74, 6) is -4.26. The second-order valence-electron chi connectivity index (χ2n) is 14.6. The molecule has 9 atom stereocenters. The smallest absolute Gasteiger partial charge is 0.481 e. The number of hydrogen-bond donors (Lipinski definition) is 9. The fraction of sp³-hybridized carbons (Fsp3) is 0.710. The summed E-state index contributed by atoms with van der Waals surface area (Å²) in [7, 11) is -16.5. The van der Waals surface area contributed by atoms with Gasteiger partial charge in [-0.25, -0.2) is 28.6 Å². The number of aromatic nitrogens is 4. The molecule has 1 saturated heterocycles. The number of rotatable bonds is 26. The van der Waals surface area contributed by atoms with Gasteiger partial charge in [0.05, 0.1) is 31.4 Å². The molecule has 2 amide bonds. The van der Waals surface area contributed by atoms with Crippen molar-refractivity contribution in [3.05, 3.63) is 12.7 Å². The Morgan fingerprint density at radius 2 is 1.74 bits per heavy atom. The summed E-state index contributed by atoms with van der Waals surface area (Å²) in [4.78, 5) is 99.8. The van der Waals surface area contributed by atoms with Crippen molar-refractivity contribution in [2.45, 2.75) is 90.4 Å². The average Bonchev–Trinajstić information content (AvgIpc) is 3.72. The largest absolute Gasteiger partial charge is 0.549 e. The number of aliphatic hydroxyl groups excluding tert-OH is 2. The second kappa shape index (κ2) is 22.6. The first kappa shape index (κ1) is 52.4. The highest BCUT2D eigenvalue weighted by Gasteiger charge is 2.50. The molecular weight excluding hydrogens is 899 g/mol. The highest BCUT2D eigenvalue weighted by molar-refractivity contribution is 8.13. The Hall–Kier alpha value is -2.97. The first-order valence-electron chi connectivity index (χ1n) is 18.5. The molecule has 0 aliphatic carbocycles. The maximum Gasteiger partial charge on any atom is 0.481 e. The number of fused-ring (bicyclic) bond motifs is 1. The summed E-state index contributed by atoms with van der Waals surface area (Å²) >= 11 is 0.752. The average molecular weight is 951 g/mol. The highest BCUT2D eigenvalue weighted by atomic mass is 32.2. The van der Waals surface area contributed by atoms with Crippen LogP contribution in [0.15, 0.2) is 12.7 Å². The zero-order valence-corrected chi connectivity index (χ0v) is 36.9. The standard InChI is InChI=1S/C31H52N7O19P3S/c1-5-6-7-17(2)12-18(29(43)44)30(45)61-11-10-33-20(39)8-9-34-27(42)24(41)31(3,4)14-54-60(51,52)57-59(49,50)53-13-19-23(56-58(46,47)48)22(40)28(55-19)38-16-37-21-25(32)35-15-36-26(21)38/h15-19,22-24,28,40-41H,5-14H2,1-4H3,(H,33,39)(H,34,42)(H,43,44)(H,49,50)(H,51,52)(H2,32,35,36)(H2,46,47,48)/p-1/t17?,18?,19-,22-,23-,24+,28-/m1/s1. The third-order valence-electron chi connectivity index (χ3n) is 9.00. The summed E-state index contributed by atoms with van der Waals surface area (Å²) in [5.41, 5.74) is 4.19. The summed E-state index contributed by atoms with van der Waals surface area (Å²) in [6, 6.07) is 0. The number of carbonyl (C=O) groups is 4. The molecule has 61 heavy (non-hydrogen) atoms. The SMILES string of the molecule is CCCCC(C)CC(C(=O)[O-])C(=O)SCCNC(=O)CCNC(=O)[C@H](O)C(C)(C)COP(=O)(O)OP(=O)(O)OC[C@H]1O[C@@H](n2cnc3c(N)ncnc32)[C@H](O)[C@@H]1OP(=O)(O)O. The Morgan fingerprint density at radius 3 is 2.38 bits per heavy atom. The van der Waals surface area contributed by atoms with Gasteiger partial charge in [0, 0.05) is 30.7 Å². The van der Waals surface area contributed by atoms with Gasteiger partial charge in [0.1, 0.15) is 36.3 Å². The first-order chi connectivity index (χ1) is 28.3. The molecule has 4 unspecified atom stereocenters. The van der Waals surface area contributed by atoms with E-state index < -0.39 is 102 Å². The van der Waals surface area contributed by atoms with E-state index in [0.29, 0.717) is 0 Å². The minimum absolute atomic E-state index is 0.0102. The lowest BCUT2D eigenvalue weighted by Crippen LogP contribution is -2.46. The van der Waals surface area contributed by atoms with Crippen molar-refractivity contribution in [2.75, 3.05) is 37.8 Å². The Labute approximate surface area is 353 Å². The number of unbranched alkanes of at least 4 members (excludes halogenated alkanes) is 1. The number of aliphatic hydroxyl groups is 2. The molecule has 0 spiro atoms. The normalized spacial score (nSPS) is 21.9. The zero-order chi connectivity index (χ0) is 45.9. The molecule has 0 radical (unpaired) electrons. The van der Waals surface area contributed by atoms with Gasteiger partial charge in [-0.05, 0) is 12.3 Å². The van der Waals surface area contributed by atoms with Crippen molar-refractivity contribution < 1.29 is 90.4 Å². The Morgan fingerprint density at radius 1 is 1.07 bits per heavy atom. The van der Waals surface area contributed by atoms with Gasteiger partial charge in [0.25, 0.3) is 0 Å². The zero-order valence-electron chi connectivity index (χ0n) is 33.4. The van der Waals surface area contributed by atoms with E-state index in [2.05, 4.69) is 34.4 Å². The Bertz CT molecular complexity index is 1990. The Balaban J connectivity index is 1.46. The number of ether oxygens (including phenoxy) is 1. The van der Waals surface area contributed by atoms with E-state index in [9.17, 15) is 67.8 Å². The number of amides is 2. The predicted molar refractivity (Wildman–Crippen MR) is 209 cm³/mol. The Kier molecular flexibility index (Phi) is 19.4. The van der Waals surface area contributed by atoms with Gasteiger partial charge in [-0.1, -0.05) is 58.7 Å². The lowest BCUT2D eigenvalue weighted by molar-refractivity contribution is -0.310. The van der Waals surface area contributed by atoms with Gasteiger partial charge in [0.15, 0.2) is 22.8 Å². The predicted octanol–water partition coefficient (Wildman–Crippen LogP) is -0.753. The van der Waals surface area contributed by atoms with Crippen molar-refractivity contribution in [2.24, 2.45) is 17.3 Å². The maximum absolute atomic E-state index is 12.7. The van der Waals surface area contributed by atoms with Crippen LogP contribution in [-0.4, -0.2) is 129 Å². The highest BCUT2D eigenvalue weighted by Crippen LogP contribution is 2.61. The topological polar surface area (TPSA) is 404 Å². The van der Waals surface area contributed by atoms with Crippen LogP contribution < -0.4 is 21.5 Å². The molecule has 2 aromatic heterocycles. The van der Waals surface area contributed by atoms with Crippen molar-refractivity contribution >= 4 is 75.1 Å². The van der Waals surface area contributed by atoms with E-state index in [1.165, 1.54) is 13.8 Å². The van der Waals surface area contributed by atoms with Crippen LogP contribution in [0.1, 0.15) is 66.0 Å². The van der Waals surface area contributed by atoms with Crippen LogP contribution in [0.4, 0.5) is 5.82 Å². The minimum Gasteiger partial charge on any atom is -0.549 e. The van der Waals surface area contributed by atoms with Crippen molar-refractivity contribution in [3.63, 3.8) is 0 Å². The number of aliphatic carboxylic acids is 1. The molecule has 2 aromatic rings. The molecule has 30 heteroatoms. The molecule has 1 fully saturated rings. The molecule has 0 aromatic carbocycles. The van der Waals surface area contributed by atoms with Gasteiger partial charge in [-0.3, -0.25) is 32.5 Å². The van der Waals surface area contributed by atoms with Gasteiger partial charge in [0.2, 0.25) is 11.8 Å². The number of carboxylic acids is 1. The van der Waals surface area contributed by atoms with Crippen LogP contribution in [0.3, 0.4) is 0 Å². The van der Waals surface area contributed by atoms with Gasteiger partial charge < -0.3 is 60.8 Å². The van der Waals surface area contributed by atoms with Crippen LogP contribution in [0.25, 0.3) is 11.2 Å². The number of carbonyl (C=O) groups excluding carboxylic acids is 4. The van der Waals surface area contributed by atoms with E-state index >= 15 is 0 Å². The summed E-state index contributed by atoms with van der Waals surface area (Å²) in [6.45, 7) is 3.97. The molecule has 1 aliphatic heterocycles. The monoisotopic (exact) mass is 950 g/mol. The third kappa shape index (κ3) is 16.3. The fourth-order valence-electron chi connectivity index (χ4n) is 5.74. The van der Waals surface area contributed by atoms with Gasteiger partial charge in [-0.2, -0.15) is 4.31 Å². The van der Waals surface area contributed by atoms with Crippen LogP contribution in [0.5, 0.6) is 0 Å². The number of anilines is 1. The van der Waals surface area contributed by atoms with E-state index in [1.807, 2.05) is 13.8 Å². The minimum atomic E-state index is -5.60. The van der Waals surface area contributed by atoms with E-state index in [4.69, 9.17) is 19.5 Å². The fourth-order valence-corrected chi connectivity index (χ4v) is 9.37. The lowest BCUT2D eigenvalue weighted by Gasteiger charge is -2.30. The molecule has 3 heterocycles. The van der Waals surface area contributed by atoms with E-state index in [1.54, 1.807) is 0 Å². The summed E-state index contributed by atoms with van der Waals surface area (Å²) in [5, 5.41) is 37.2. The van der Waals surface area contributed by atoms with Crippen LogP contribution in [-0.2, 0) is 55.5 Å². The van der Waals surface area contributed by atoms with Crippen molar-refractivity contribution in [1.29, 1.82) is 0 Å². The number of imidazole rings is 1. The lowest BCUT2D eigenvalue weighted by atomic mass is 9.87. The quantitative estimate of drug-likeness (QED) is 0.0318. The number of thioether (sulfide) groups is 1. The number of hydrogen-bond acceptors (Lipinski definition) is 20. The number of nitrogens with zero attached hydrogens (tertiary/aromatic N) is 4. The molecule has 26 nitrogen and oxygen atoms in total. The van der Waals surface area contributed by atoms with Gasteiger partial charge >= 0.3 is 23.5 Å². The number of nitrogen functional groups attached to an aromatic ring is 1. The maximum atomic E-state index is 12.7. The van der Waals surface area contributed by atoms with Crippen LogP contribution in [0.2, 0.25) is 0 Å². The number of carboxylic acid groups (broad SMARTS) is 1. The number of phosphoric acid groups is 3. The van der Waals surface area contributed by atoms with Crippen molar-refractivity contribution in [1.82, 2.24) is 30.2 Å². The third-order valence-corrected chi connectivity index (χ3v) is 13.1. The molecule has 346 valence electrons. The molecule has 1 aliphatic rings. The molecule has 10 N–H and O–H groups in total. The van der Waals surface area contributed by atoms with E-state index in [0.717, 1.165) is 48.2 Å². The molecule has 0 saturated carbocycles. The van der Waals surface area contributed by atoms with Crippen molar-refractivity contribution in [3.8, 4) is 0 Å². The first-order valence-corrected chi connectivity index (χ1v) is 24.0. The second-order valence-corrected chi connectivity index (χ2v) is 19.9. The van der Waals surface area contributed by atoms with Crippen LogP contribution in [0, 0.1) is 17.3 Å². The molecule has 3 rings (SSSR count). The summed E-state index contributed by atoms with van der Waals surface area (Å²) in [6.07, 6.45) is -4.38. The van der Waals surface area contributed by atoms with E-state index in [-0.39, 0.29) is 54.6 Å². The number of phosphoric ester groups is 3.